The van der Waals surface area contributed by atoms with Crippen LogP contribution >= 0.6 is 0 Å². The number of primary amides is 1. The van der Waals surface area contributed by atoms with Crippen LogP contribution in [-0.4, -0.2) is 60.5 Å². The zero-order valence-corrected chi connectivity index (χ0v) is 18.8. The molecule has 173 valence electrons. The number of amides is 2. The quantitative estimate of drug-likeness (QED) is 0.657. The van der Waals surface area contributed by atoms with E-state index >= 15 is 0 Å². The second kappa shape index (κ2) is 9.08. The molecule has 10 heteroatoms. The van der Waals surface area contributed by atoms with Gasteiger partial charge in [-0.15, -0.1) is 0 Å². The normalized spacial score (nSPS) is 17.8. The van der Waals surface area contributed by atoms with E-state index in [1.165, 1.54) is 0 Å². The second-order valence-corrected chi connectivity index (χ2v) is 8.15. The van der Waals surface area contributed by atoms with Crippen molar-refractivity contribution in [2.45, 2.75) is 6.92 Å². The fourth-order valence-corrected chi connectivity index (χ4v) is 4.20. The third-order valence-electron chi connectivity index (χ3n) is 6.00. The Labute approximate surface area is 197 Å². The van der Waals surface area contributed by atoms with Gasteiger partial charge in [-0.3, -0.25) is 14.5 Å². The van der Waals surface area contributed by atoms with Crippen LogP contribution in [0, 0.1) is 6.92 Å². The highest BCUT2D eigenvalue weighted by Gasteiger charge is 2.36. The lowest BCUT2D eigenvalue weighted by molar-refractivity contribution is 0.0302. The van der Waals surface area contributed by atoms with Crippen molar-refractivity contribution in [2.24, 2.45) is 10.7 Å². The van der Waals surface area contributed by atoms with E-state index in [1.807, 2.05) is 41.3 Å². The predicted molar refractivity (Wildman–Crippen MR) is 128 cm³/mol. The van der Waals surface area contributed by atoms with Gasteiger partial charge in [0.25, 0.3) is 5.91 Å². The third-order valence-corrected chi connectivity index (χ3v) is 6.00. The number of nitrogens with one attached hydrogen (secondary N) is 1. The molecule has 34 heavy (non-hydrogen) atoms. The molecule has 0 aliphatic carbocycles. The van der Waals surface area contributed by atoms with Crippen molar-refractivity contribution in [1.29, 1.82) is 0 Å². The van der Waals surface area contributed by atoms with Crippen LogP contribution < -0.4 is 20.9 Å². The zero-order chi connectivity index (χ0) is 23.7. The molecule has 2 amide bonds. The molecule has 2 aromatic rings. The highest BCUT2D eigenvalue weighted by molar-refractivity contribution is 6.06. The van der Waals surface area contributed by atoms with Crippen molar-refractivity contribution in [1.82, 2.24) is 14.8 Å². The fraction of sp³-hybridized carbons (Fsp3) is 0.250. The number of carbonyl (C=O) groups excluding carboxylic acids is 2. The SMILES string of the molecule is Cc1c(C(N)=O)cccc1N1C=C(Nc2ccc(C(=O)N3CCOCC3)cn2)C2=NC=C[N+]2C1. The van der Waals surface area contributed by atoms with E-state index in [9.17, 15) is 9.59 Å². The number of nitrogens with zero attached hydrogens (tertiary/aromatic N) is 5. The molecule has 3 N–H and O–H groups in total. The monoisotopic (exact) mass is 459 g/mol. The molecular weight excluding hydrogens is 434 g/mol. The summed E-state index contributed by atoms with van der Waals surface area (Å²) in [5, 5.41) is 3.31. The molecule has 5 rings (SSSR count). The Hall–Kier alpha value is -4.02. The van der Waals surface area contributed by atoms with Crippen molar-refractivity contribution in [3.8, 4) is 0 Å². The molecule has 1 radical (unpaired) electrons. The molecule has 3 aliphatic heterocycles. The summed E-state index contributed by atoms with van der Waals surface area (Å²) in [6.07, 6.45) is 7.14. The Kier molecular flexibility index (Phi) is 5.83. The lowest BCUT2D eigenvalue weighted by atomic mass is 10.1. The van der Waals surface area contributed by atoms with E-state index in [1.54, 1.807) is 35.5 Å². The maximum atomic E-state index is 12.7. The molecule has 4 heterocycles. The molecule has 10 nitrogen and oxygen atoms in total. The number of aromatic nitrogens is 1. The van der Waals surface area contributed by atoms with Crippen molar-refractivity contribution in [3.63, 3.8) is 0 Å². The van der Waals surface area contributed by atoms with Gasteiger partial charge in [-0.1, -0.05) is 11.0 Å². The van der Waals surface area contributed by atoms with Gasteiger partial charge in [-0.05, 0) is 36.8 Å². The summed E-state index contributed by atoms with van der Waals surface area (Å²) in [4.78, 5) is 39.2. The summed E-state index contributed by atoms with van der Waals surface area (Å²) in [6.45, 7) is 4.69. The lowest BCUT2D eigenvalue weighted by Crippen LogP contribution is -2.46. The highest BCUT2D eigenvalue weighted by Crippen LogP contribution is 2.28. The minimum absolute atomic E-state index is 0.0502. The van der Waals surface area contributed by atoms with Crippen molar-refractivity contribution < 1.29 is 14.3 Å². The number of hydrogen-bond acceptors (Lipinski definition) is 8. The Morgan fingerprint density at radius 1 is 1.18 bits per heavy atom. The smallest absolute Gasteiger partial charge is 0.308 e. The first-order valence-corrected chi connectivity index (χ1v) is 11.0. The van der Waals surface area contributed by atoms with Crippen LogP contribution in [0.4, 0.5) is 11.5 Å². The molecule has 1 fully saturated rings. The largest absolute Gasteiger partial charge is 0.378 e. The van der Waals surface area contributed by atoms with Gasteiger partial charge >= 0.3 is 5.84 Å². The Morgan fingerprint density at radius 3 is 2.74 bits per heavy atom. The van der Waals surface area contributed by atoms with Gasteiger partial charge in [-0.2, -0.15) is 4.99 Å². The summed E-state index contributed by atoms with van der Waals surface area (Å²) < 4.78 is 5.32. The van der Waals surface area contributed by atoms with Gasteiger partial charge in [0, 0.05) is 36.7 Å². The molecule has 1 aromatic heterocycles. The predicted octanol–water partition coefficient (Wildman–Crippen LogP) is 1.72. The topological polar surface area (TPSA) is 119 Å². The third kappa shape index (κ3) is 4.16. The number of fused-ring (bicyclic) bond motifs is 1. The molecule has 0 bridgehead atoms. The standard InChI is InChI=1S/C24H25N7O3/c1-16-18(22(25)32)3-2-4-20(16)31-14-19(23-26-7-8-30(23)15-31)28-21-6-5-17(13-27-21)24(33)29-9-11-34-12-10-29/h2-8,13-14H,9-12,15H2,1H3,(H2,25,32)(H,27,28)/q+1. The number of hydrogen-bond donors (Lipinski definition) is 2. The van der Waals surface area contributed by atoms with Gasteiger partial charge in [-0.25, -0.2) is 4.98 Å². The number of anilines is 2. The van der Waals surface area contributed by atoms with E-state index in [-0.39, 0.29) is 5.91 Å². The van der Waals surface area contributed by atoms with Crippen LogP contribution in [0.1, 0.15) is 26.3 Å². The van der Waals surface area contributed by atoms with Crippen molar-refractivity contribution in [3.05, 3.63) is 77.5 Å². The van der Waals surface area contributed by atoms with Crippen LogP contribution in [0.2, 0.25) is 0 Å². The maximum Gasteiger partial charge on any atom is 0.308 e. The number of rotatable bonds is 5. The number of ether oxygens (including phenoxy) is 1. The number of carbonyl (C=O) groups is 2. The molecule has 1 saturated heterocycles. The molecule has 0 atom stereocenters. The van der Waals surface area contributed by atoms with Crippen LogP contribution in [0.25, 0.3) is 0 Å². The number of morpholine rings is 1. The van der Waals surface area contributed by atoms with E-state index in [4.69, 9.17) is 10.5 Å². The van der Waals surface area contributed by atoms with Crippen LogP contribution in [0.15, 0.2) is 65.8 Å². The molecule has 0 unspecified atom stereocenters. The summed E-state index contributed by atoms with van der Waals surface area (Å²) in [7, 11) is 0. The Balaban J connectivity index is 1.39. The average molecular weight is 460 g/mol. The molecule has 1 aromatic carbocycles. The maximum absolute atomic E-state index is 12.7. The summed E-state index contributed by atoms with van der Waals surface area (Å²) in [6, 6.07) is 9.03. The molecular formula is C24H25N7O3+. The first-order valence-electron chi connectivity index (χ1n) is 11.0. The van der Waals surface area contributed by atoms with Crippen molar-refractivity contribution in [2.75, 3.05) is 43.2 Å². The molecule has 0 spiro atoms. The van der Waals surface area contributed by atoms with E-state index < -0.39 is 5.91 Å². The van der Waals surface area contributed by atoms with Gasteiger partial charge in [0.1, 0.15) is 11.5 Å². The molecule has 0 saturated carbocycles. The van der Waals surface area contributed by atoms with E-state index in [0.717, 1.165) is 22.8 Å². The van der Waals surface area contributed by atoms with Crippen LogP contribution in [0.3, 0.4) is 0 Å². The average Bonchev–Trinajstić information content (AvgIpc) is 3.34. The van der Waals surface area contributed by atoms with E-state index in [0.29, 0.717) is 49.9 Å². The van der Waals surface area contributed by atoms with Gasteiger partial charge in [0.2, 0.25) is 12.6 Å². The Morgan fingerprint density at radius 2 is 2.00 bits per heavy atom. The highest BCUT2D eigenvalue weighted by atomic mass is 16.5. The van der Waals surface area contributed by atoms with E-state index in [2.05, 4.69) is 15.3 Å². The van der Waals surface area contributed by atoms with Crippen molar-refractivity contribution >= 4 is 29.2 Å². The number of amidine groups is 1. The summed E-state index contributed by atoms with van der Waals surface area (Å²) >= 11 is 0. The number of aliphatic imine (C=N–C) groups is 1. The minimum atomic E-state index is -0.460. The minimum Gasteiger partial charge on any atom is -0.378 e. The number of nitrogens with two attached hydrogens (primary N) is 1. The van der Waals surface area contributed by atoms with Gasteiger partial charge in [0.15, 0.2) is 6.20 Å². The first kappa shape index (κ1) is 21.8. The first-order chi connectivity index (χ1) is 16.5. The van der Waals surface area contributed by atoms with Crippen LogP contribution in [0.5, 0.6) is 0 Å². The van der Waals surface area contributed by atoms with Crippen LogP contribution in [-0.2, 0) is 4.74 Å². The fourth-order valence-electron chi connectivity index (χ4n) is 4.20. The lowest BCUT2D eigenvalue weighted by Gasteiger charge is -2.28. The van der Waals surface area contributed by atoms with Gasteiger partial charge in [0.05, 0.1) is 25.0 Å². The van der Waals surface area contributed by atoms with Gasteiger partial charge < -0.3 is 20.7 Å². The summed E-state index contributed by atoms with van der Waals surface area (Å²) in [5.41, 5.74) is 8.97. The zero-order valence-electron chi connectivity index (χ0n) is 18.8. The number of benzene rings is 1. The Bertz CT molecular complexity index is 1210. The second-order valence-electron chi connectivity index (χ2n) is 8.15. The summed E-state index contributed by atoms with van der Waals surface area (Å²) in [5.74, 6) is 0.836. The number of pyridine rings is 1. The molecule has 3 aliphatic rings.